The monoisotopic (exact) mass is 205 g/mol. The molecule has 2 saturated heterocycles. The van der Waals surface area contributed by atoms with E-state index in [-0.39, 0.29) is 5.75 Å². The number of rotatable bonds is 1. The maximum absolute atomic E-state index is 11.4. The molecule has 0 aromatic rings. The van der Waals surface area contributed by atoms with E-state index >= 15 is 0 Å². The normalized spacial score (nSPS) is 37.1. The number of hydrogen-bond donors (Lipinski definition) is 1. The van der Waals surface area contributed by atoms with Crippen molar-refractivity contribution in [3.05, 3.63) is 0 Å². The molecule has 2 fully saturated rings. The van der Waals surface area contributed by atoms with Crippen LogP contribution in [0, 0.1) is 0 Å². The molecule has 0 bridgehead atoms. The summed E-state index contributed by atoms with van der Waals surface area (Å²) in [7, 11) is -3.01. The second-order valence-electron chi connectivity index (χ2n) is 3.37. The number of nitrogens with one attached hydrogen (secondary N) is 1. The van der Waals surface area contributed by atoms with Gasteiger partial charge < -0.3 is 10.1 Å². The Kier molecular flexibility index (Phi) is 1.94. The lowest BCUT2D eigenvalue weighted by atomic mass is 10.2. The number of alkyl carbamates (subject to hydrolysis) is 1. The van der Waals surface area contributed by atoms with Crippen LogP contribution in [0.25, 0.3) is 0 Å². The van der Waals surface area contributed by atoms with E-state index in [0.29, 0.717) is 19.4 Å². The van der Waals surface area contributed by atoms with Crippen molar-refractivity contribution in [2.24, 2.45) is 0 Å². The zero-order valence-corrected chi connectivity index (χ0v) is 7.84. The molecule has 2 unspecified atom stereocenters. The largest absolute Gasteiger partial charge is 0.443 e. The van der Waals surface area contributed by atoms with Gasteiger partial charge >= 0.3 is 6.09 Å². The van der Waals surface area contributed by atoms with Crippen molar-refractivity contribution < 1.29 is 17.9 Å². The van der Waals surface area contributed by atoms with Gasteiger partial charge in [0.1, 0.15) is 11.4 Å². The highest BCUT2D eigenvalue weighted by atomic mass is 32.2. The number of carbonyl (C=O) groups excluding carboxylic acids is 1. The molecule has 0 aliphatic carbocycles. The zero-order chi connectivity index (χ0) is 9.47. The summed E-state index contributed by atoms with van der Waals surface area (Å²) < 4.78 is 27.7. The molecule has 2 aliphatic rings. The van der Waals surface area contributed by atoms with Gasteiger partial charge in [-0.1, -0.05) is 0 Å². The molecule has 5 nitrogen and oxygen atoms in total. The van der Waals surface area contributed by atoms with E-state index in [9.17, 15) is 13.2 Å². The van der Waals surface area contributed by atoms with Crippen molar-refractivity contribution >= 4 is 15.9 Å². The molecule has 1 amide bonds. The lowest BCUT2D eigenvalue weighted by Crippen LogP contribution is -2.33. The van der Waals surface area contributed by atoms with Crippen LogP contribution in [0.1, 0.15) is 12.8 Å². The standard InChI is InChI=1S/C7H11NO4S/c9-7-8-4-5(12-7)6-2-1-3-13(6,10)11/h5-6H,1-4H2,(H,8,9). The maximum Gasteiger partial charge on any atom is 0.407 e. The predicted octanol–water partition coefficient (Wildman–Crippen LogP) is -0.328. The Morgan fingerprint density at radius 3 is 2.69 bits per heavy atom. The summed E-state index contributed by atoms with van der Waals surface area (Å²) in [6, 6.07) is 0. The molecule has 1 N–H and O–H groups in total. The second-order valence-corrected chi connectivity index (χ2v) is 5.71. The highest BCUT2D eigenvalue weighted by Gasteiger charge is 2.42. The van der Waals surface area contributed by atoms with Gasteiger partial charge in [-0.25, -0.2) is 13.2 Å². The predicted molar refractivity (Wildman–Crippen MR) is 45.1 cm³/mol. The Bertz CT molecular complexity index is 323. The molecule has 2 atom stereocenters. The van der Waals surface area contributed by atoms with Gasteiger partial charge in [0.2, 0.25) is 0 Å². The Morgan fingerprint density at radius 1 is 1.46 bits per heavy atom. The van der Waals surface area contributed by atoms with E-state index in [1.807, 2.05) is 0 Å². The number of sulfone groups is 1. The van der Waals surface area contributed by atoms with Crippen LogP contribution in [-0.2, 0) is 14.6 Å². The van der Waals surface area contributed by atoms with Gasteiger partial charge in [0.25, 0.3) is 0 Å². The second kappa shape index (κ2) is 2.87. The van der Waals surface area contributed by atoms with Crippen molar-refractivity contribution in [3.63, 3.8) is 0 Å². The minimum absolute atomic E-state index is 0.228. The van der Waals surface area contributed by atoms with Gasteiger partial charge in [-0.15, -0.1) is 0 Å². The van der Waals surface area contributed by atoms with Gasteiger partial charge in [0, 0.05) is 0 Å². The fourth-order valence-electron chi connectivity index (χ4n) is 1.85. The van der Waals surface area contributed by atoms with E-state index in [1.54, 1.807) is 0 Å². The van der Waals surface area contributed by atoms with Crippen molar-refractivity contribution in [3.8, 4) is 0 Å². The molecule has 0 saturated carbocycles. The average molecular weight is 205 g/mol. The molecular weight excluding hydrogens is 194 g/mol. The van der Waals surface area contributed by atoms with Crippen LogP contribution in [0.4, 0.5) is 4.79 Å². The van der Waals surface area contributed by atoms with Crippen LogP contribution >= 0.6 is 0 Å². The van der Waals surface area contributed by atoms with Crippen LogP contribution in [0.2, 0.25) is 0 Å². The van der Waals surface area contributed by atoms with Crippen LogP contribution in [-0.4, -0.2) is 38.2 Å². The number of amides is 1. The third-order valence-corrected chi connectivity index (χ3v) is 4.82. The van der Waals surface area contributed by atoms with Gasteiger partial charge in [0.05, 0.1) is 12.3 Å². The fourth-order valence-corrected chi connectivity index (χ4v) is 3.86. The number of ether oxygens (including phenoxy) is 1. The van der Waals surface area contributed by atoms with E-state index in [1.165, 1.54) is 0 Å². The molecule has 2 rings (SSSR count). The van der Waals surface area contributed by atoms with Crippen LogP contribution in [0.15, 0.2) is 0 Å². The molecule has 2 aliphatic heterocycles. The third-order valence-electron chi connectivity index (χ3n) is 2.50. The molecule has 74 valence electrons. The van der Waals surface area contributed by atoms with Gasteiger partial charge in [0.15, 0.2) is 9.84 Å². The highest BCUT2D eigenvalue weighted by molar-refractivity contribution is 7.92. The first-order valence-corrected chi connectivity index (χ1v) is 5.97. The summed E-state index contributed by atoms with van der Waals surface area (Å²) in [5, 5.41) is 1.98. The average Bonchev–Trinajstić information content (AvgIpc) is 2.56. The van der Waals surface area contributed by atoms with Crippen molar-refractivity contribution in [2.75, 3.05) is 12.3 Å². The van der Waals surface area contributed by atoms with Gasteiger partial charge in [-0.05, 0) is 12.8 Å². The first kappa shape index (κ1) is 8.80. The minimum atomic E-state index is -3.01. The van der Waals surface area contributed by atoms with E-state index in [0.717, 1.165) is 0 Å². The van der Waals surface area contributed by atoms with Crippen molar-refractivity contribution in [1.29, 1.82) is 0 Å². The molecule has 13 heavy (non-hydrogen) atoms. The smallest absolute Gasteiger partial charge is 0.407 e. The molecule has 2 heterocycles. The molecule has 0 aromatic carbocycles. The number of cyclic esters (lactones) is 1. The summed E-state index contributed by atoms with van der Waals surface area (Å²) in [6.07, 6.45) is 0.315. The topological polar surface area (TPSA) is 72.5 Å². The third kappa shape index (κ3) is 1.50. The SMILES string of the molecule is O=C1NCC(C2CCCS2(=O)=O)O1. The Balaban J connectivity index is 2.13. The molecule has 0 radical (unpaired) electrons. The van der Waals surface area contributed by atoms with Crippen LogP contribution in [0.5, 0.6) is 0 Å². The number of carbonyl (C=O) groups is 1. The number of hydrogen-bond acceptors (Lipinski definition) is 4. The van der Waals surface area contributed by atoms with E-state index in [2.05, 4.69) is 5.32 Å². The van der Waals surface area contributed by atoms with E-state index in [4.69, 9.17) is 4.74 Å². The van der Waals surface area contributed by atoms with Gasteiger partial charge in [-0.2, -0.15) is 0 Å². The zero-order valence-electron chi connectivity index (χ0n) is 7.02. The summed E-state index contributed by atoms with van der Waals surface area (Å²) in [6.45, 7) is 0.322. The lowest BCUT2D eigenvalue weighted by Gasteiger charge is -2.14. The Hall–Kier alpha value is -0.780. The summed E-state index contributed by atoms with van der Waals surface area (Å²) >= 11 is 0. The maximum atomic E-state index is 11.4. The fraction of sp³-hybridized carbons (Fsp3) is 0.857. The summed E-state index contributed by atoms with van der Waals surface area (Å²) in [4.78, 5) is 10.7. The van der Waals surface area contributed by atoms with Crippen molar-refractivity contribution in [1.82, 2.24) is 5.32 Å². The molecule has 0 spiro atoms. The van der Waals surface area contributed by atoms with Gasteiger partial charge in [-0.3, -0.25) is 0 Å². The summed E-state index contributed by atoms with van der Waals surface area (Å²) in [5.74, 6) is 0.228. The molecule has 0 aromatic heterocycles. The molecule has 6 heteroatoms. The first-order chi connectivity index (χ1) is 6.09. The van der Waals surface area contributed by atoms with Crippen LogP contribution in [0.3, 0.4) is 0 Å². The molecular formula is C7H11NO4S. The first-order valence-electron chi connectivity index (χ1n) is 4.26. The lowest BCUT2D eigenvalue weighted by molar-refractivity contribution is 0.137. The highest BCUT2D eigenvalue weighted by Crippen LogP contribution is 2.25. The Morgan fingerprint density at radius 2 is 2.23 bits per heavy atom. The van der Waals surface area contributed by atoms with Crippen molar-refractivity contribution in [2.45, 2.75) is 24.2 Å². The minimum Gasteiger partial charge on any atom is -0.443 e. The quantitative estimate of drug-likeness (QED) is 0.636. The van der Waals surface area contributed by atoms with E-state index < -0.39 is 27.3 Å². The Labute approximate surface area is 76.4 Å². The van der Waals surface area contributed by atoms with Crippen LogP contribution < -0.4 is 5.32 Å². The summed E-state index contributed by atoms with van der Waals surface area (Å²) in [5.41, 5.74) is 0.